The fourth-order valence-corrected chi connectivity index (χ4v) is 4.21. The number of hydrogen-bond donors (Lipinski definition) is 2. The Kier molecular flexibility index (Phi) is 7.40. The molecule has 12 heteroatoms. The molecule has 3 aromatic rings. The third-order valence-corrected chi connectivity index (χ3v) is 6.29. The summed E-state index contributed by atoms with van der Waals surface area (Å²) in [5.41, 5.74) is 7.57. The van der Waals surface area contributed by atoms with Gasteiger partial charge in [0.1, 0.15) is 5.82 Å². The lowest BCUT2D eigenvalue weighted by molar-refractivity contribution is 0.121. The van der Waals surface area contributed by atoms with E-state index in [0.717, 1.165) is 24.1 Å². The minimum absolute atomic E-state index is 0.0454. The average molecular weight is 509 g/mol. The van der Waals surface area contributed by atoms with Crippen LogP contribution < -0.4 is 15.6 Å². The van der Waals surface area contributed by atoms with E-state index in [1.807, 2.05) is 0 Å². The Labute approximate surface area is 205 Å². The van der Waals surface area contributed by atoms with Gasteiger partial charge in [0, 0.05) is 41.9 Å². The molecule has 0 aliphatic carbocycles. The Morgan fingerprint density at radius 1 is 1.21 bits per heavy atom. The van der Waals surface area contributed by atoms with E-state index in [2.05, 4.69) is 10.1 Å². The average Bonchev–Trinajstić information content (AvgIpc) is 3.34. The standard InChI is InChI=1S/C22H23Cl2FN6O3/c23-17-4-5-18(25)20(24)16(17)6-9-34-19-10-14(11-27-21(19)26)15-12-28-30(13-15)31(33)22(32)29-7-2-1-3-8-29/h4-5,10-13,33H,1-3,6-9H2,(H2,26,27). The summed E-state index contributed by atoms with van der Waals surface area (Å²) in [7, 11) is 0. The number of anilines is 1. The zero-order valence-corrected chi connectivity index (χ0v) is 19.6. The number of pyridine rings is 1. The summed E-state index contributed by atoms with van der Waals surface area (Å²) in [4.78, 5) is 19.3. The molecule has 1 saturated heterocycles. The molecule has 34 heavy (non-hydrogen) atoms. The number of amides is 2. The fraction of sp³-hybridized carbons (Fsp3) is 0.318. The van der Waals surface area contributed by atoms with Crippen LogP contribution >= 0.6 is 23.2 Å². The number of nitrogen functional groups attached to an aromatic ring is 1. The predicted molar refractivity (Wildman–Crippen MR) is 126 cm³/mol. The molecular weight excluding hydrogens is 486 g/mol. The van der Waals surface area contributed by atoms with E-state index >= 15 is 0 Å². The maximum atomic E-state index is 13.7. The second-order valence-electron chi connectivity index (χ2n) is 7.80. The summed E-state index contributed by atoms with van der Waals surface area (Å²) in [6, 6.07) is 3.76. The summed E-state index contributed by atoms with van der Waals surface area (Å²) in [6.07, 6.45) is 7.63. The van der Waals surface area contributed by atoms with Gasteiger partial charge in [-0.2, -0.15) is 9.89 Å². The summed E-state index contributed by atoms with van der Waals surface area (Å²) >= 11 is 12.1. The highest BCUT2D eigenvalue weighted by atomic mass is 35.5. The van der Waals surface area contributed by atoms with Crippen LogP contribution in [-0.4, -0.2) is 50.7 Å². The van der Waals surface area contributed by atoms with Gasteiger partial charge < -0.3 is 15.4 Å². The SMILES string of the molecule is Nc1ncc(-c2cnn(N(O)C(=O)N3CCCCC3)c2)cc1OCCc1c(Cl)ccc(F)c1Cl. The third-order valence-electron chi connectivity index (χ3n) is 5.53. The number of halogens is 3. The fourth-order valence-electron chi connectivity index (χ4n) is 3.65. The molecule has 1 fully saturated rings. The normalized spacial score (nSPS) is 13.7. The Bertz CT molecular complexity index is 1190. The van der Waals surface area contributed by atoms with Gasteiger partial charge in [-0.25, -0.2) is 14.2 Å². The highest BCUT2D eigenvalue weighted by molar-refractivity contribution is 6.36. The number of carbonyl (C=O) groups excluding carboxylic acids is 1. The van der Waals surface area contributed by atoms with Crippen molar-refractivity contribution in [3.63, 3.8) is 0 Å². The zero-order chi connectivity index (χ0) is 24.2. The first-order valence-electron chi connectivity index (χ1n) is 10.7. The van der Waals surface area contributed by atoms with Gasteiger partial charge in [0.15, 0.2) is 11.6 Å². The number of rotatable bonds is 6. The van der Waals surface area contributed by atoms with Crippen LogP contribution in [0.3, 0.4) is 0 Å². The van der Waals surface area contributed by atoms with Gasteiger partial charge in [-0.05, 0) is 43.0 Å². The van der Waals surface area contributed by atoms with Crippen molar-refractivity contribution in [3.8, 4) is 16.9 Å². The van der Waals surface area contributed by atoms with Crippen molar-refractivity contribution in [2.75, 3.05) is 30.6 Å². The van der Waals surface area contributed by atoms with Gasteiger partial charge >= 0.3 is 6.03 Å². The van der Waals surface area contributed by atoms with E-state index in [1.54, 1.807) is 11.0 Å². The number of hydroxylamine groups is 1. The van der Waals surface area contributed by atoms with Crippen LogP contribution in [0.5, 0.6) is 5.75 Å². The van der Waals surface area contributed by atoms with Crippen LogP contribution in [0.4, 0.5) is 15.0 Å². The molecule has 3 N–H and O–H groups in total. The van der Waals surface area contributed by atoms with Crippen LogP contribution in [-0.2, 0) is 6.42 Å². The maximum Gasteiger partial charge on any atom is 0.365 e. The summed E-state index contributed by atoms with van der Waals surface area (Å²) in [5, 5.41) is 15.2. The van der Waals surface area contributed by atoms with Crippen LogP contribution in [0, 0.1) is 5.82 Å². The van der Waals surface area contributed by atoms with Gasteiger partial charge in [0.25, 0.3) is 0 Å². The van der Waals surface area contributed by atoms with E-state index in [4.69, 9.17) is 33.7 Å². The van der Waals surface area contributed by atoms with E-state index in [0.29, 0.717) is 45.7 Å². The van der Waals surface area contributed by atoms with Crippen LogP contribution in [0.25, 0.3) is 11.1 Å². The summed E-state index contributed by atoms with van der Waals surface area (Å²) in [6.45, 7) is 1.32. The van der Waals surface area contributed by atoms with Crippen LogP contribution in [0.2, 0.25) is 10.0 Å². The highest BCUT2D eigenvalue weighted by Gasteiger charge is 2.23. The molecular formula is C22H23Cl2FN6O3. The number of aromatic nitrogens is 3. The van der Waals surface area contributed by atoms with Gasteiger partial charge in [0.05, 0.1) is 24.0 Å². The quantitative estimate of drug-likeness (QED) is 0.287. The second-order valence-corrected chi connectivity index (χ2v) is 8.58. The lowest BCUT2D eigenvalue weighted by Gasteiger charge is -2.29. The number of nitrogens with zero attached hydrogens (tertiary/aromatic N) is 5. The number of carbonyl (C=O) groups is 1. The van der Waals surface area contributed by atoms with E-state index in [9.17, 15) is 14.4 Å². The Hall–Kier alpha value is -3.08. The van der Waals surface area contributed by atoms with E-state index in [-0.39, 0.29) is 23.9 Å². The summed E-state index contributed by atoms with van der Waals surface area (Å²) < 4.78 is 19.5. The maximum absolute atomic E-state index is 13.7. The predicted octanol–water partition coefficient (Wildman–Crippen LogP) is 4.53. The Morgan fingerprint density at radius 3 is 2.74 bits per heavy atom. The number of likely N-dealkylation sites (tertiary alicyclic amines) is 1. The molecule has 1 aliphatic rings. The molecule has 3 heterocycles. The van der Waals surface area contributed by atoms with Gasteiger partial charge in [0.2, 0.25) is 0 Å². The number of urea groups is 1. The van der Waals surface area contributed by atoms with E-state index in [1.165, 1.54) is 30.7 Å². The minimum atomic E-state index is -0.557. The van der Waals surface area contributed by atoms with Crippen molar-refractivity contribution in [2.45, 2.75) is 25.7 Å². The van der Waals surface area contributed by atoms with Crippen molar-refractivity contribution >= 4 is 35.1 Å². The van der Waals surface area contributed by atoms with Crippen molar-refractivity contribution in [1.29, 1.82) is 0 Å². The molecule has 1 aromatic carbocycles. The first-order chi connectivity index (χ1) is 16.3. The zero-order valence-electron chi connectivity index (χ0n) is 18.1. The lowest BCUT2D eigenvalue weighted by atomic mass is 10.1. The monoisotopic (exact) mass is 508 g/mol. The number of hydrogen-bond acceptors (Lipinski definition) is 6. The third kappa shape index (κ3) is 5.19. The smallest absolute Gasteiger partial charge is 0.365 e. The molecule has 2 aromatic heterocycles. The number of ether oxygens (including phenoxy) is 1. The van der Waals surface area contributed by atoms with Crippen LogP contribution in [0.15, 0.2) is 36.8 Å². The number of piperidine rings is 1. The molecule has 0 radical (unpaired) electrons. The Balaban J connectivity index is 1.44. The van der Waals surface area contributed by atoms with Crippen molar-refractivity contribution in [1.82, 2.24) is 19.8 Å². The van der Waals surface area contributed by atoms with Crippen molar-refractivity contribution < 1.29 is 19.1 Å². The lowest BCUT2D eigenvalue weighted by Crippen LogP contribution is -2.49. The molecule has 180 valence electrons. The highest BCUT2D eigenvalue weighted by Crippen LogP contribution is 2.30. The topological polar surface area (TPSA) is 110 Å². The van der Waals surface area contributed by atoms with Crippen molar-refractivity contribution in [3.05, 3.63) is 58.2 Å². The Morgan fingerprint density at radius 2 is 1.97 bits per heavy atom. The first kappa shape index (κ1) is 24.1. The molecule has 0 bridgehead atoms. The largest absolute Gasteiger partial charge is 0.489 e. The molecule has 4 rings (SSSR count). The first-order valence-corrected chi connectivity index (χ1v) is 11.4. The van der Waals surface area contributed by atoms with Gasteiger partial charge in [-0.1, -0.05) is 28.4 Å². The molecule has 9 nitrogen and oxygen atoms in total. The van der Waals surface area contributed by atoms with Crippen LogP contribution in [0.1, 0.15) is 24.8 Å². The second kappa shape index (κ2) is 10.5. The van der Waals surface area contributed by atoms with Gasteiger partial charge in [-0.15, -0.1) is 0 Å². The number of nitrogens with two attached hydrogens (primary N) is 1. The molecule has 0 unspecified atom stereocenters. The van der Waals surface area contributed by atoms with E-state index < -0.39 is 11.8 Å². The van der Waals surface area contributed by atoms with Crippen molar-refractivity contribution in [2.24, 2.45) is 0 Å². The van der Waals surface area contributed by atoms with Gasteiger partial charge in [-0.3, -0.25) is 5.21 Å². The summed E-state index contributed by atoms with van der Waals surface area (Å²) in [5.74, 6) is -0.0891. The molecule has 0 saturated carbocycles. The molecule has 0 spiro atoms. The molecule has 2 amide bonds. The minimum Gasteiger partial charge on any atom is -0.489 e. The number of benzene rings is 1. The molecule has 1 aliphatic heterocycles. The molecule has 0 atom stereocenters.